The molecule has 2 aromatic carbocycles. The quantitative estimate of drug-likeness (QED) is 0.220. The van der Waals surface area contributed by atoms with Gasteiger partial charge >= 0.3 is 11.9 Å². The normalized spacial score (nSPS) is 24.1. The summed E-state index contributed by atoms with van der Waals surface area (Å²) in [6, 6.07) is 14.0. The molecule has 39 heavy (non-hydrogen) atoms. The van der Waals surface area contributed by atoms with Crippen molar-refractivity contribution in [3.05, 3.63) is 65.2 Å². The standard InChI is InChI=1S/C29H36O10/c1-17-25(32)26(38-18(2)30)27(29(34)37-17)39-28(33)22(15-19-12-13-23(31)24(16-19)36-4)21(11-8-14-35-3)20-9-6-5-7-10-20/h5-7,9-10,12-13,15-17,21,25-27,29,31-32,34H,8,11,14H2,1-4H3/t17-,21+,25+,26-,27-,29-/m1/s1. The summed E-state index contributed by atoms with van der Waals surface area (Å²) < 4.78 is 26.8. The Bertz CT molecular complexity index is 1130. The summed E-state index contributed by atoms with van der Waals surface area (Å²) >= 11 is 0. The van der Waals surface area contributed by atoms with Crippen LogP contribution >= 0.6 is 0 Å². The van der Waals surface area contributed by atoms with Crippen molar-refractivity contribution < 1.29 is 48.6 Å². The molecule has 0 bridgehead atoms. The van der Waals surface area contributed by atoms with E-state index in [2.05, 4.69) is 0 Å². The number of carbonyl (C=O) groups excluding carboxylic acids is 2. The minimum Gasteiger partial charge on any atom is -0.504 e. The van der Waals surface area contributed by atoms with Gasteiger partial charge in [-0.1, -0.05) is 36.4 Å². The number of aliphatic hydroxyl groups is 2. The van der Waals surface area contributed by atoms with Gasteiger partial charge in [-0.25, -0.2) is 4.79 Å². The molecule has 10 heteroatoms. The van der Waals surface area contributed by atoms with E-state index in [-0.39, 0.29) is 17.1 Å². The van der Waals surface area contributed by atoms with Gasteiger partial charge < -0.3 is 39.0 Å². The molecule has 212 valence electrons. The molecule has 1 fully saturated rings. The second kappa shape index (κ2) is 14.1. The van der Waals surface area contributed by atoms with E-state index in [0.717, 1.165) is 12.5 Å². The highest BCUT2D eigenvalue weighted by Gasteiger charge is 2.48. The topological polar surface area (TPSA) is 141 Å². The molecule has 0 saturated carbocycles. The van der Waals surface area contributed by atoms with E-state index < -0.39 is 48.6 Å². The van der Waals surface area contributed by atoms with Gasteiger partial charge in [0.2, 0.25) is 0 Å². The van der Waals surface area contributed by atoms with E-state index in [1.807, 2.05) is 30.3 Å². The van der Waals surface area contributed by atoms with Crippen molar-refractivity contribution in [2.75, 3.05) is 20.8 Å². The fraction of sp³-hybridized carbons (Fsp3) is 0.448. The molecule has 3 rings (SSSR count). The van der Waals surface area contributed by atoms with Crippen LogP contribution in [-0.2, 0) is 28.5 Å². The largest absolute Gasteiger partial charge is 0.504 e. The number of phenolic OH excluding ortho intramolecular Hbond substituents is 1. The number of hydrogen-bond acceptors (Lipinski definition) is 10. The molecule has 0 radical (unpaired) electrons. The van der Waals surface area contributed by atoms with Crippen LogP contribution in [0.15, 0.2) is 54.1 Å². The maximum atomic E-state index is 13.9. The molecule has 1 saturated heterocycles. The lowest BCUT2D eigenvalue weighted by Gasteiger charge is -2.40. The molecule has 2 aromatic rings. The molecule has 0 amide bonds. The third-order valence-electron chi connectivity index (χ3n) is 6.50. The maximum Gasteiger partial charge on any atom is 0.335 e. The van der Waals surface area contributed by atoms with Gasteiger partial charge in [0.05, 0.1) is 13.2 Å². The number of methoxy groups -OCH3 is 2. The first-order valence-electron chi connectivity index (χ1n) is 12.7. The molecule has 0 aliphatic carbocycles. The van der Waals surface area contributed by atoms with Crippen molar-refractivity contribution in [1.82, 2.24) is 0 Å². The lowest BCUT2D eigenvalue weighted by Crippen LogP contribution is -2.59. The van der Waals surface area contributed by atoms with Crippen LogP contribution in [0.25, 0.3) is 6.08 Å². The highest BCUT2D eigenvalue weighted by Crippen LogP contribution is 2.35. The van der Waals surface area contributed by atoms with Gasteiger partial charge in [-0.2, -0.15) is 0 Å². The molecule has 1 aliphatic rings. The Morgan fingerprint density at radius 3 is 2.41 bits per heavy atom. The summed E-state index contributed by atoms with van der Waals surface area (Å²) in [5, 5.41) is 31.3. The molecule has 1 heterocycles. The Labute approximate surface area is 227 Å². The minimum absolute atomic E-state index is 0.0618. The summed E-state index contributed by atoms with van der Waals surface area (Å²) in [5.41, 5.74) is 1.62. The molecule has 0 aromatic heterocycles. The van der Waals surface area contributed by atoms with Gasteiger partial charge in [-0.05, 0) is 49.1 Å². The lowest BCUT2D eigenvalue weighted by atomic mass is 9.86. The zero-order valence-electron chi connectivity index (χ0n) is 22.5. The highest BCUT2D eigenvalue weighted by molar-refractivity contribution is 5.95. The van der Waals surface area contributed by atoms with Crippen LogP contribution in [0.5, 0.6) is 11.5 Å². The number of ether oxygens (including phenoxy) is 5. The molecule has 6 atom stereocenters. The second-order valence-electron chi connectivity index (χ2n) is 9.30. The van der Waals surface area contributed by atoms with Crippen molar-refractivity contribution in [3.63, 3.8) is 0 Å². The number of hydrogen-bond donors (Lipinski definition) is 3. The second-order valence-corrected chi connectivity index (χ2v) is 9.30. The van der Waals surface area contributed by atoms with Crippen LogP contribution in [0, 0.1) is 0 Å². The van der Waals surface area contributed by atoms with Gasteiger partial charge in [0.25, 0.3) is 0 Å². The molecular weight excluding hydrogens is 508 g/mol. The zero-order valence-corrected chi connectivity index (χ0v) is 22.5. The number of phenols is 1. The summed E-state index contributed by atoms with van der Waals surface area (Å²) in [4.78, 5) is 25.6. The first-order valence-corrected chi connectivity index (χ1v) is 12.7. The fourth-order valence-corrected chi connectivity index (χ4v) is 4.53. The fourth-order valence-electron chi connectivity index (χ4n) is 4.53. The van der Waals surface area contributed by atoms with E-state index in [1.165, 1.54) is 20.1 Å². The number of esters is 2. The highest BCUT2D eigenvalue weighted by atomic mass is 16.7. The predicted octanol–water partition coefficient (Wildman–Crippen LogP) is 2.94. The van der Waals surface area contributed by atoms with Gasteiger partial charge in [0.15, 0.2) is 30.0 Å². The third-order valence-corrected chi connectivity index (χ3v) is 6.50. The number of benzene rings is 2. The first-order chi connectivity index (χ1) is 18.7. The Hall–Kier alpha value is -3.44. The van der Waals surface area contributed by atoms with Crippen molar-refractivity contribution in [1.29, 1.82) is 0 Å². The Morgan fingerprint density at radius 2 is 1.77 bits per heavy atom. The van der Waals surface area contributed by atoms with Crippen molar-refractivity contribution >= 4 is 18.0 Å². The molecule has 0 unspecified atom stereocenters. The van der Waals surface area contributed by atoms with E-state index in [0.29, 0.717) is 25.0 Å². The van der Waals surface area contributed by atoms with E-state index >= 15 is 0 Å². The van der Waals surface area contributed by atoms with Gasteiger partial charge in [-0.3, -0.25) is 4.79 Å². The number of carbonyl (C=O) groups is 2. The first kappa shape index (κ1) is 30.1. The lowest BCUT2D eigenvalue weighted by molar-refractivity contribution is -0.285. The molecule has 10 nitrogen and oxygen atoms in total. The average Bonchev–Trinajstić information content (AvgIpc) is 2.91. The minimum atomic E-state index is -1.64. The van der Waals surface area contributed by atoms with Crippen LogP contribution in [0.1, 0.15) is 43.7 Å². The molecule has 1 aliphatic heterocycles. The summed E-state index contributed by atoms with van der Waals surface area (Å²) in [7, 11) is 3.01. The van der Waals surface area contributed by atoms with Crippen molar-refractivity contribution in [2.45, 2.75) is 63.3 Å². The zero-order chi connectivity index (χ0) is 28.5. The monoisotopic (exact) mass is 544 g/mol. The van der Waals surface area contributed by atoms with Gasteiger partial charge in [0.1, 0.15) is 6.10 Å². The summed E-state index contributed by atoms with van der Waals surface area (Å²) in [6.45, 7) is 3.13. The van der Waals surface area contributed by atoms with Gasteiger partial charge in [0, 0.05) is 32.1 Å². The Kier molecular flexibility index (Phi) is 10.9. The van der Waals surface area contributed by atoms with Crippen molar-refractivity contribution in [2.24, 2.45) is 0 Å². The molecular formula is C29H36O10. The van der Waals surface area contributed by atoms with Gasteiger partial charge in [-0.15, -0.1) is 0 Å². The number of rotatable bonds is 11. The smallest absolute Gasteiger partial charge is 0.335 e. The van der Waals surface area contributed by atoms with Crippen LogP contribution in [-0.4, -0.2) is 78.8 Å². The van der Waals surface area contributed by atoms with Crippen LogP contribution in [0.3, 0.4) is 0 Å². The third kappa shape index (κ3) is 7.79. The SMILES string of the molecule is COCCC[C@H](C(=Cc1ccc(O)c(OC)c1)C(=O)O[C@@H]1[C@H](OC(C)=O)[C@@H](O)[C@@H](C)O[C@H]1O)c1ccccc1. The summed E-state index contributed by atoms with van der Waals surface area (Å²) in [6.07, 6.45) is -3.92. The number of aromatic hydroxyl groups is 1. The average molecular weight is 545 g/mol. The van der Waals surface area contributed by atoms with Crippen LogP contribution in [0.2, 0.25) is 0 Å². The Balaban J connectivity index is 2.06. The maximum absolute atomic E-state index is 13.9. The van der Waals surface area contributed by atoms with Crippen molar-refractivity contribution in [3.8, 4) is 11.5 Å². The van der Waals surface area contributed by atoms with Crippen LogP contribution < -0.4 is 4.74 Å². The summed E-state index contributed by atoms with van der Waals surface area (Å²) in [5.74, 6) is -1.81. The number of aliphatic hydroxyl groups excluding tert-OH is 2. The van der Waals surface area contributed by atoms with E-state index in [4.69, 9.17) is 23.7 Å². The van der Waals surface area contributed by atoms with E-state index in [1.54, 1.807) is 25.3 Å². The van der Waals surface area contributed by atoms with E-state index in [9.17, 15) is 24.9 Å². The predicted molar refractivity (Wildman–Crippen MR) is 141 cm³/mol. The Morgan fingerprint density at radius 1 is 1.05 bits per heavy atom. The molecule has 3 N–H and O–H groups in total. The van der Waals surface area contributed by atoms with Crippen LogP contribution in [0.4, 0.5) is 0 Å². The molecule has 0 spiro atoms.